The first kappa shape index (κ1) is 11.6. The molecule has 0 aromatic carbocycles. The van der Waals surface area contributed by atoms with E-state index in [1.54, 1.807) is 13.8 Å². The second-order valence-corrected chi connectivity index (χ2v) is 5.71. The number of esters is 1. The Morgan fingerprint density at radius 2 is 1.94 bits per heavy atom. The summed E-state index contributed by atoms with van der Waals surface area (Å²) in [4.78, 5) is 34.8. The van der Waals surface area contributed by atoms with Gasteiger partial charge in [-0.15, -0.1) is 0 Å². The molecule has 18 heavy (non-hydrogen) atoms. The molecule has 3 aliphatic rings. The van der Waals surface area contributed by atoms with Crippen LogP contribution in [0.5, 0.6) is 0 Å². The summed E-state index contributed by atoms with van der Waals surface area (Å²) in [6.45, 7) is 4.88. The molecule has 2 bridgehead atoms. The Morgan fingerprint density at radius 1 is 1.33 bits per heavy atom. The number of ether oxygens (including phenoxy) is 2. The third-order valence-corrected chi connectivity index (χ3v) is 4.41. The number of rotatable bonds is 1. The van der Waals surface area contributed by atoms with Crippen LogP contribution in [0.4, 0.5) is 0 Å². The van der Waals surface area contributed by atoms with Crippen LogP contribution >= 0.6 is 0 Å². The van der Waals surface area contributed by atoms with Crippen LogP contribution in [-0.4, -0.2) is 35.1 Å². The van der Waals surface area contributed by atoms with E-state index in [4.69, 9.17) is 9.47 Å². The molecular weight excluding hydrogens is 238 g/mol. The molecule has 0 aromatic rings. The maximum atomic E-state index is 11.9. The summed E-state index contributed by atoms with van der Waals surface area (Å²) < 4.78 is 11.2. The van der Waals surface area contributed by atoms with E-state index >= 15 is 0 Å². The van der Waals surface area contributed by atoms with Gasteiger partial charge in [-0.05, 0) is 13.8 Å². The van der Waals surface area contributed by atoms with E-state index in [-0.39, 0.29) is 11.8 Å². The van der Waals surface area contributed by atoms with Crippen LogP contribution in [0.25, 0.3) is 0 Å². The molecule has 3 aliphatic heterocycles. The molecular formula is C12H15NO5. The minimum atomic E-state index is -0.901. The molecule has 3 saturated heterocycles. The van der Waals surface area contributed by atoms with Crippen molar-refractivity contribution in [3.8, 4) is 0 Å². The number of imide groups is 1. The van der Waals surface area contributed by atoms with Crippen LogP contribution in [0.1, 0.15) is 27.2 Å². The number of carbonyl (C=O) groups excluding carboxylic acids is 3. The van der Waals surface area contributed by atoms with Gasteiger partial charge in [0.2, 0.25) is 11.8 Å². The van der Waals surface area contributed by atoms with Gasteiger partial charge in [-0.1, -0.05) is 0 Å². The maximum absolute atomic E-state index is 11.9. The predicted molar refractivity (Wildman–Crippen MR) is 58.2 cm³/mol. The standard InChI is InChI=1S/C12H15NO5/c1-5(14)17-6-4-11(2)7-8(12(6,3)18-11)10(16)13-9(7)15/h6-8H,4H2,1-3H3,(H,13,15,16). The fourth-order valence-electron chi connectivity index (χ4n) is 3.79. The molecule has 2 amide bonds. The highest BCUT2D eigenvalue weighted by molar-refractivity contribution is 6.07. The van der Waals surface area contributed by atoms with Crippen LogP contribution in [0.2, 0.25) is 0 Å². The molecule has 0 saturated carbocycles. The lowest BCUT2D eigenvalue weighted by atomic mass is 9.67. The monoisotopic (exact) mass is 253 g/mol. The molecule has 0 aliphatic carbocycles. The minimum Gasteiger partial charge on any atom is -0.459 e. The largest absolute Gasteiger partial charge is 0.459 e. The fourth-order valence-corrected chi connectivity index (χ4v) is 3.79. The van der Waals surface area contributed by atoms with Crippen molar-refractivity contribution in [1.82, 2.24) is 5.32 Å². The molecule has 6 heteroatoms. The maximum Gasteiger partial charge on any atom is 0.303 e. The van der Waals surface area contributed by atoms with Gasteiger partial charge in [-0.25, -0.2) is 0 Å². The van der Waals surface area contributed by atoms with Crippen molar-refractivity contribution in [3.05, 3.63) is 0 Å². The molecule has 1 N–H and O–H groups in total. The summed E-state index contributed by atoms with van der Waals surface area (Å²) in [7, 11) is 0. The van der Waals surface area contributed by atoms with E-state index in [9.17, 15) is 14.4 Å². The highest BCUT2D eigenvalue weighted by Gasteiger charge is 2.75. The van der Waals surface area contributed by atoms with E-state index in [2.05, 4.69) is 5.32 Å². The Hall–Kier alpha value is -1.43. The highest BCUT2D eigenvalue weighted by Crippen LogP contribution is 2.59. The van der Waals surface area contributed by atoms with Crippen LogP contribution < -0.4 is 5.32 Å². The van der Waals surface area contributed by atoms with Gasteiger partial charge in [-0.2, -0.15) is 0 Å². The summed E-state index contributed by atoms with van der Waals surface area (Å²) in [6, 6.07) is 0. The van der Waals surface area contributed by atoms with E-state index < -0.39 is 35.1 Å². The number of hydrogen-bond donors (Lipinski definition) is 1. The molecule has 0 aromatic heterocycles. The van der Waals surface area contributed by atoms with Crippen LogP contribution in [0, 0.1) is 11.8 Å². The smallest absolute Gasteiger partial charge is 0.303 e. The van der Waals surface area contributed by atoms with Gasteiger partial charge in [0.25, 0.3) is 0 Å². The summed E-state index contributed by atoms with van der Waals surface area (Å²) >= 11 is 0. The van der Waals surface area contributed by atoms with E-state index in [0.717, 1.165) is 0 Å². The van der Waals surface area contributed by atoms with Crippen molar-refractivity contribution in [2.75, 3.05) is 0 Å². The number of carbonyl (C=O) groups is 3. The lowest BCUT2D eigenvalue weighted by Gasteiger charge is -2.34. The second-order valence-electron chi connectivity index (χ2n) is 5.71. The van der Waals surface area contributed by atoms with E-state index in [1.165, 1.54) is 6.92 Å². The Balaban J connectivity index is 2.01. The number of fused-ring (bicyclic) bond motifs is 5. The SMILES string of the molecule is CC(=O)OC1CC2(C)OC1(C)C1C(=O)NC(=O)C12. The zero-order valence-electron chi connectivity index (χ0n) is 10.5. The van der Waals surface area contributed by atoms with Gasteiger partial charge in [0.15, 0.2) is 0 Å². The molecule has 0 spiro atoms. The summed E-state index contributed by atoms with van der Waals surface area (Å²) in [5, 5.41) is 2.35. The van der Waals surface area contributed by atoms with Crippen LogP contribution in [0.3, 0.4) is 0 Å². The molecule has 0 radical (unpaired) electrons. The number of amides is 2. The van der Waals surface area contributed by atoms with Crippen LogP contribution in [-0.2, 0) is 23.9 Å². The normalized spacial score (nSPS) is 49.2. The number of hydrogen-bond acceptors (Lipinski definition) is 5. The fraction of sp³-hybridized carbons (Fsp3) is 0.750. The van der Waals surface area contributed by atoms with Gasteiger partial charge in [0, 0.05) is 13.3 Å². The molecule has 6 nitrogen and oxygen atoms in total. The first-order valence-corrected chi connectivity index (χ1v) is 6.00. The molecule has 5 atom stereocenters. The Bertz CT molecular complexity index is 475. The first-order valence-electron chi connectivity index (χ1n) is 6.00. The van der Waals surface area contributed by atoms with Gasteiger partial charge in [0.1, 0.15) is 11.7 Å². The lowest BCUT2D eigenvalue weighted by Crippen LogP contribution is -2.50. The van der Waals surface area contributed by atoms with Crippen molar-refractivity contribution in [1.29, 1.82) is 0 Å². The van der Waals surface area contributed by atoms with Gasteiger partial charge >= 0.3 is 5.97 Å². The van der Waals surface area contributed by atoms with Crippen molar-refractivity contribution < 1.29 is 23.9 Å². The molecule has 3 rings (SSSR count). The van der Waals surface area contributed by atoms with Crippen LogP contribution in [0.15, 0.2) is 0 Å². The van der Waals surface area contributed by atoms with Gasteiger partial charge in [0.05, 0.1) is 17.4 Å². The second kappa shape index (κ2) is 3.12. The zero-order chi connectivity index (χ0) is 13.3. The minimum absolute atomic E-state index is 0.280. The van der Waals surface area contributed by atoms with E-state index in [1.807, 2.05) is 0 Å². The van der Waals surface area contributed by atoms with Crippen molar-refractivity contribution in [3.63, 3.8) is 0 Å². The lowest BCUT2D eigenvalue weighted by molar-refractivity contribution is -0.160. The summed E-state index contributed by atoms with van der Waals surface area (Å²) in [5.74, 6) is -2.04. The average molecular weight is 253 g/mol. The average Bonchev–Trinajstić information content (AvgIpc) is 2.72. The van der Waals surface area contributed by atoms with Crippen molar-refractivity contribution in [2.24, 2.45) is 11.8 Å². The topological polar surface area (TPSA) is 81.7 Å². The van der Waals surface area contributed by atoms with Crippen molar-refractivity contribution >= 4 is 17.8 Å². The molecule has 98 valence electrons. The summed E-state index contributed by atoms with van der Waals surface area (Å²) in [5.41, 5.74) is -1.63. The molecule has 3 fully saturated rings. The Kier molecular flexibility index (Phi) is 2.02. The van der Waals surface area contributed by atoms with Gasteiger partial charge < -0.3 is 9.47 Å². The third-order valence-electron chi connectivity index (χ3n) is 4.41. The zero-order valence-corrected chi connectivity index (χ0v) is 10.5. The summed E-state index contributed by atoms with van der Waals surface area (Å²) in [6.07, 6.45) is -0.0248. The quantitative estimate of drug-likeness (QED) is 0.515. The van der Waals surface area contributed by atoms with Gasteiger partial charge in [-0.3, -0.25) is 19.7 Å². The first-order chi connectivity index (χ1) is 8.28. The Labute approximate surface area is 104 Å². The molecule has 5 unspecified atom stereocenters. The van der Waals surface area contributed by atoms with E-state index in [0.29, 0.717) is 6.42 Å². The highest BCUT2D eigenvalue weighted by atomic mass is 16.6. The number of nitrogens with one attached hydrogen (secondary N) is 1. The molecule has 3 heterocycles. The van der Waals surface area contributed by atoms with Crippen molar-refractivity contribution in [2.45, 2.75) is 44.5 Å². The third kappa shape index (κ3) is 1.19. The predicted octanol–water partition coefficient (Wildman–Crippen LogP) is -0.242. The Morgan fingerprint density at radius 3 is 2.56 bits per heavy atom.